The Morgan fingerprint density at radius 1 is 1.55 bits per heavy atom. The van der Waals surface area contributed by atoms with Crippen LogP contribution in [0, 0.1) is 0 Å². The molecule has 62 valence electrons. The van der Waals surface area contributed by atoms with Crippen molar-refractivity contribution in [1.82, 2.24) is 4.90 Å². The second-order valence-corrected chi connectivity index (χ2v) is 1.71. The first-order valence-electron chi connectivity index (χ1n) is 3.06. The Morgan fingerprint density at radius 2 is 2.18 bits per heavy atom. The van der Waals surface area contributed by atoms with Gasteiger partial charge in [-0.25, -0.2) is 0 Å². The van der Waals surface area contributed by atoms with Crippen LogP contribution in [-0.4, -0.2) is 30.4 Å². The summed E-state index contributed by atoms with van der Waals surface area (Å²) in [6.45, 7) is 1.48. The Balaban J connectivity index is 3.83. The van der Waals surface area contributed by atoms with Crippen LogP contribution >= 0.6 is 0 Å². The lowest BCUT2D eigenvalue weighted by Crippen LogP contribution is -2.30. The zero-order valence-electron chi connectivity index (χ0n) is 6.15. The minimum absolute atomic E-state index is 0.180. The number of hydrogen-bond donors (Lipinski definition) is 0. The molecule has 0 rings (SSSR count). The van der Waals surface area contributed by atoms with E-state index in [1.807, 2.05) is 0 Å². The third kappa shape index (κ3) is 3.34. The van der Waals surface area contributed by atoms with Gasteiger partial charge in [-0.05, 0) is 0 Å². The lowest BCUT2D eigenvalue weighted by atomic mass is 10.4. The van der Waals surface area contributed by atoms with E-state index in [-0.39, 0.29) is 25.5 Å². The first kappa shape index (κ1) is 9.61. The maximum atomic E-state index is 10.7. The van der Waals surface area contributed by atoms with Gasteiger partial charge in [-0.15, -0.1) is 0 Å². The minimum Gasteiger partial charge on any atom is -0.446 e. The van der Waals surface area contributed by atoms with Crippen molar-refractivity contribution < 1.29 is 19.1 Å². The molecule has 0 heterocycles. The average molecular weight is 159 g/mol. The van der Waals surface area contributed by atoms with Crippen LogP contribution in [0.1, 0.15) is 13.3 Å². The number of hydrogen-bond acceptors (Lipinski definition) is 4. The van der Waals surface area contributed by atoms with E-state index < -0.39 is 0 Å². The lowest BCUT2D eigenvalue weighted by Gasteiger charge is -2.11. The number of nitrogens with zero attached hydrogens (tertiary/aromatic N) is 1. The first-order chi connectivity index (χ1) is 5.26. The largest absolute Gasteiger partial charge is 0.446 e. The molecule has 0 unspecified atom stereocenters. The smallest absolute Gasteiger partial charge is 0.294 e. The van der Waals surface area contributed by atoms with Gasteiger partial charge < -0.3 is 4.74 Å². The number of ether oxygens (including phenoxy) is 1. The molecule has 0 atom stereocenters. The van der Waals surface area contributed by atoms with Gasteiger partial charge in [0, 0.05) is 6.42 Å². The molecule has 0 saturated heterocycles. The molecule has 5 heteroatoms. The van der Waals surface area contributed by atoms with Gasteiger partial charge in [-0.2, -0.15) is 0 Å². The summed E-state index contributed by atoms with van der Waals surface area (Å²) in [6, 6.07) is 0. The summed E-state index contributed by atoms with van der Waals surface area (Å²) in [7, 11) is 0. The predicted molar refractivity (Wildman–Crippen MR) is 35.2 cm³/mol. The number of amides is 2. The van der Waals surface area contributed by atoms with E-state index in [9.17, 15) is 14.4 Å². The maximum Gasteiger partial charge on any atom is 0.294 e. The molecule has 0 N–H and O–H groups in total. The van der Waals surface area contributed by atoms with E-state index in [2.05, 4.69) is 4.74 Å². The molecule has 0 bridgehead atoms. The van der Waals surface area contributed by atoms with Gasteiger partial charge in [0.2, 0.25) is 12.3 Å². The standard InChI is InChI=1S/C6H9NO4/c1-2-6(10)7(3-8)4-11-5-9/h3,5H,2,4H2,1H3. The van der Waals surface area contributed by atoms with Crippen LogP contribution < -0.4 is 0 Å². The number of imide groups is 1. The quantitative estimate of drug-likeness (QED) is 0.401. The fourth-order valence-electron chi connectivity index (χ4n) is 0.475. The SMILES string of the molecule is CCC(=O)N(C=O)COC=O. The zero-order chi connectivity index (χ0) is 8.69. The fraction of sp³-hybridized carbons (Fsp3) is 0.500. The van der Waals surface area contributed by atoms with Gasteiger partial charge >= 0.3 is 0 Å². The molecule has 5 nitrogen and oxygen atoms in total. The highest BCUT2D eigenvalue weighted by atomic mass is 16.5. The van der Waals surface area contributed by atoms with E-state index in [0.717, 1.165) is 4.90 Å². The summed E-state index contributed by atoms with van der Waals surface area (Å²) in [4.78, 5) is 31.3. The van der Waals surface area contributed by atoms with Crippen LogP contribution in [0.4, 0.5) is 0 Å². The van der Waals surface area contributed by atoms with E-state index in [1.165, 1.54) is 0 Å². The molecule has 0 spiro atoms. The van der Waals surface area contributed by atoms with Gasteiger partial charge in [0.1, 0.15) is 0 Å². The molecule has 0 aliphatic heterocycles. The second-order valence-electron chi connectivity index (χ2n) is 1.71. The van der Waals surface area contributed by atoms with Gasteiger partial charge in [0.15, 0.2) is 6.73 Å². The monoisotopic (exact) mass is 159 g/mol. The summed E-state index contributed by atoms with van der Waals surface area (Å²) in [6.07, 6.45) is 0.538. The third-order valence-corrected chi connectivity index (χ3v) is 1.03. The van der Waals surface area contributed by atoms with Crippen LogP contribution in [0.25, 0.3) is 0 Å². The van der Waals surface area contributed by atoms with Gasteiger partial charge in [-0.1, -0.05) is 6.92 Å². The average Bonchev–Trinajstić information content (AvgIpc) is 2.05. The van der Waals surface area contributed by atoms with Crippen molar-refractivity contribution in [3.05, 3.63) is 0 Å². The van der Waals surface area contributed by atoms with E-state index in [4.69, 9.17) is 0 Å². The fourth-order valence-corrected chi connectivity index (χ4v) is 0.475. The Morgan fingerprint density at radius 3 is 2.55 bits per heavy atom. The molecule has 0 aliphatic carbocycles. The van der Waals surface area contributed by atoms with E-state index >= 15 is 0 Å². The Bertz CT molecular complexity index is 157. The molecule has 0 aromatic heterocycles. The van der Waals surface area contributed by atoms with Crippen molar-refractivity contribution in [3.63, 3.8) is 0 Å². The molecular weight excluding hydrogens is 150 g/mol. The van der Waals surface area contributed by atoms with Crippen molar-refractivity contribution in [1.29, 1.82) is 0 Å². The van der Waals surface area contributed by atoms with Gasteiger partial charge in [0.05, 0.1) is 0 Å². The van der Waals surface area contributed by atoms with Crippen molar-refractivity contribution in [2.45, 2.75) is 13.3 Å². The Labute approximate surface area is 63.9 Å². The second kappa shape index (κ2) is 5.40. The number of rotatable bonds is 5. The summed E-state index contributed by atoms with van der Waals surface area (Å²) >= 11 is 0. The highest BCUT2D eigenvalue weighted by Crippen LogP contribution is 1.89. The van der Waals surface area contributed by atoms with Gasteiger partial charge in [0.25, 0.3) is 6.47 Å². The minimum atomic E-state index is -0.373. The van der Waals surface area contributed by atoms with Crippen LogP contribution in [0.2, 0.25) is 0 Å². The van der Waals surface area contributed by atoms with Crippen molar-refractivity contribution in [2.75, 3.05) is 6.73 Å². The normalized spacial score (nSPS) is 8.45. The van der Waals surface area contributed by atoms with Crippen molar-refractivity contribution in [3.8, 4) is 0 Å². The lowest BCUT2D eigenvalue weighted by molar-refractivity contribution is -0.147. The Kier molecular flexibility index (Phi) is 4.72. The molecule has 0 aromatic rings. The molecule has 0 fully saturated rings. The van der Waals surface area contributed by atoms with Crippen LogP contribution in [0.15, 0.2) is 0 Å². The van der Waals surface area contributed by atoms with Crippen molar-refractivity contribution >= 4 is 18.8 Å². The summed E-state index contributed by atoms with van der Waals surface area (Å²) in [5, 5.41) is 0. The Hall–Kier alpha value is -1.39. The van der Waals surface area contributed by atoms with Gasteiger partial charge in [-0.3, -0.25) is 19.3 Å². The first-order valence-corrected chi connectivity index (χ1v) is 3.06. The van der Waals surface area contributed by atoms with E-state index in [1.54, 1.807) is 6.92 Å². The topological polar surface area (TPSA) is 63.7 Å². The summed E-state index contributed by atoms with van der Waals surface area (Å²) in [5.41, 5.74) is 0. The predicted octanol–water partition coefficient (Wildman–Crippen LogP) is -0.488. The third-order valence-electron chi connectivity index (χ3n) is 1.03. The number of carbonyl (C=O) groups excluding carboxylic acids is 3. The van der Waals surface area contributed by atoms with Crippen LogP contribution in [0.3, 0.4) is 0 Å². The molecule has 2 amide bonds. The van der Waals surface area contributed by atoms with Crippen molar-refractivity contribution in [2.24, 2.45) is 0 Å². The molecule has 0 radical (unpaired) electrons. The highest BCUT2D eigenvalue weighted by Gasteiger charge is 2.08. The molecule has 0 aromatic carbocycles. The van der Waals surface area contributed by atoms with E-state index in [0.29, 0.717) is 6.41 Å². The molecule has 11 heavy (non-hydrogen) atoms. The van der Waals surface area contributed by atoms with Crippen LogP contribution in [0.5, 0.6) is 0 Å². The zero-order valence-corrected chi connectivity index (χ0v) is 6.15. The maximum absolute atomic E-state index is 10.7. The number of carbonyl (C=O) groups is 3. The molecular formula is C6H9NO4. The van der Waals surface area contributed by atoms with Crippen LogP contribution in [-0.2, 0) is 19.1 Å². The highest BCUT2D eigenvalue weighted by molar-refractivity contribution is 5.85. The summed E-state index contributed by atoms with van der Waals surface area (Å²) < 4.78 is 4.20. The molecule has 0 aliphatic rings. The summed E-state index contributed by atoms with van der Waals surface area (Å²) in [5.74, 6) is -0.373. The molecule has 0 saturated carbocycles.